The van der Waals surface area contributed by atoms with Gasteiger partial charge < -0.3 is 51.0 Å². The number of esters is 1. The van der Waals surface area contributed by atoms with Crippen LogP contribution in [0.5, 0.6) is 0 Å². The van der Waals surface area contributed by atoms with Crippen molar-refractivity contribution in [1.82, 2.24) is 31.3 Å². The first-order valence-corrected chi connectivity index (χ1v) is 19.7. The number of aliphatic hydroxyl groups excluding tert-OH is 1. The lowest BCUT2D eigenvalue weighted by Crippen LogP contribution is -2.66. The van der Waals surface area contributed by atoms with Crippen LogP contribution in [0.3, 0.4) is 0 Å². The fourth-order valence-corrected chi connectivity index (χ4v) is 8.44. The van der Waals surface area contributed by atoms with E-state index in [-0.39, 0.29) is 34.3 Å². The molecule has 1 saturated carbocycles. The van der Waals surface area contributed by atoms with Gasteiger partial charge in [-0.2, -0.15) is 0 Å². The number of carboxylic acid groups (broad SMARTS) is 1. The number of hydrogen-bond acceptors (Lipinski definition) is 13. The zero-order chi connectivity index (χ0) is 42.6. The molecule has 5 aliphatic rings. The summed E-state index contributed by atoms with van der Waals surface area (Å²) in [5, 5.41) is 45.0. The van der Waals surface area contributed by atoms with Crippen molar-refractivity contribution in [2.75, 3.05) is 25.6 Å². The van der Waals surface area contributed by atoms with E-state index in [0.717, 1.165) is 9.91 Å². The highest BCUT2D eigenvalue weighted by molar-refractivity contribution is 6.44. The number of halogens is 2. The molecule has 21 heteroatoms. The Labute approximate surface area is 343 Å². The first-order valence-electron chi connectivity index (χ1n) is 19.0. The molecule has 1 aromatic carbocycles. The molecule has 0 spiro atoms. The molecule has 4 heterocycles. The largest absolute Gasteiger partial charge is 0.481 e. The van der Waals surface area contributed by atoms with Crippen molar-refractivity contribution in [3.05, 3.63) is 27.7 Å². The number of nitrogens with zero attached hydrogens (tertiary/aromatic N) is 2. The van der Waals surface area contributed by atoms with Gasteiger partial charge in [0.1, 0.15) is 42.0 Å². The van der Waals surface area contributed by atoms with Crippen molar-refractivity contribution >= 4 is 70.4 Å². The Morgan fingerprint density at radius 1 is 1.00 bits per heavy atom. The van der Waals surface area contributed by atoms with Crippen LogP contribution in [0.1, 0.15) is 71.8 Å². The first kappa shape index (κ1) is 43.3. The van der Waals surface area contributed by atoms with Gasteiger partial charge >= 0.3 is 11.9 Å². The lowest BCUT2D eigenvalue weighted by molar-refractivity contribution is -0.176. The molecule has 19 nitrogen and oxygen atoms in total. The Morgan fingerprint density at radius 2 is 1.67 bits per heavy atom. The van der Waals surface area contributed by atoms with Gasteiger partial charge in [0.25, 0.3) is 5.91 Å². The van der Waals surface area contributed by atoms with Crippen LogP contribution >= 0.6 is 23.2 Å². The normalized spacial score (nSPS) is 32.2. The summed E-state index contributed by atoms with van der Waals surface area (Å²) in [6.45, 7) is 6.55. The van der Waals surface area contributed by atoms with E-state index >= 15 is 0 Å². The van der Waals surface area contributed by atoms with Gasteiger partial charge in [0, 0.05) is 31.1 Å². The molecular weight excluding hydrogens is 805 g/mol. The summed E-state index contributed by atoms with van der Waals surface area (Å²) in [4.78, 5) is 98.9. The standard InChI is InChI=1S/C37H49Cl2N7O12/c1-35(2,3)27-32(54)46-19(7-6-12-40-46)29(51)41-18(15-57-5)28(50)42-25(21(47)13-22(48)49)31(53)45-20(30(52)44-26(33(55)58-27)36(4)10-11-36)14-37(56)16-8-9-17(38)23(39)24(16)43-34(37)45/h8-9,18-21,25-27,34,40,43,47,56H,6-7,10-15H2,1-5H3,(H,41,51)(H,42,50)(H,44,52)(H,48,49)/t18-,19+,20+,21+,25+,26+,27-,34+,37-/m1/s1. The topological polar surface area (TPSA) is 265 Å². The average Bonchev–Trinajstić information content (AvgIpc) is 3.73. The van der Waals surface area contributed by atoms with Crippen molar-refractivity contribution < 1.29 is 58.4 Å². The molecule has 1 aromatic rings. The highest BCUT2D eigenvalue weighted by Crippen LogP contribution is 2.53. The van der Waals surface area contributed by atoms with E-state index in [0.29, 0.717) is 19.3 Å². The number of aliphatic hydroxyl groups is 2. The molecule has 0 radical (unpaired) electrons. The second-order valence-electron chi connectivity index (χ2n) is 16.9. The van der Waals surface area contributed by atoms with Gasteiger partial charge in [-0.1, -0.05) is 57.0 Å². The number of fused-ring (bicyclic) bond motifs is 6. The van der Waals surface area contributed by atoms with Gasteiger partial charge in [-0.3, -0.25) is 33.8 Å². The zero-order valence-electron chi connectivity index (χ0n) is 32.6. The summed E-state index contributed by atoms with van der Waals surface area (Å²) in [7, 11) is 1.23. The smallest absolute Gasteiger partial charge is 0.330 e. The van der Waals surface area contributed by atoms with Crippen LogP contribution < -0.4 is 26.7 Å². The predicted molar refractivity (Wildman–Crippen MR) is 203 cm³/mol. The number of carbonyl (C=O) groups excluding carboxylic acids is 6. The summed E-state index contributed by atoms with van der Waals surface area (Å²) >= 11 is 12.8. The number of carbonyl (C=O) groups is 7. The van der Waals surface area contributed by atoms with Crippen molar-refractivity contribution in [1.29, 1.82) is 0 Å². The Hall–Kier alpha value is -4.27. The van der Waals surface area contributed by atoms with E-state index in [1.54, 1.807) is 27.7 Å². The maximum absolute atomic E-state index is 14.9. The van der Waals surface area contributed by atoms with Gasteiger partial charge in [0.05, 0.1) is 34.9 Å². The number of nitrogens with one attached hydrogen (secondary N) is 5. The Morgan fingerprint density at radius 3 is 2.29 bits per heavy atom. The van der Waals surface area contributed by atoms with Crippen LogP contribution in [-0.4, -0.2) is 136 Å². The molecule has 8 N–H and O–H groups in total. The van der Waals surface area contributed by atoms with Crippen molar-refractivity contribution in [3.63, 3.8) is 0 Å². The SMILES string of the molecule is COC[C@H]1NC(=O)[C@@H]2CCCNN2C(=O)[C@H](C(C)(C)C)OC(=O)[C@@H](C2(C)CC2)NC(=O)[C@@H]2C[C@@]3(O)c4ccc(Cl)c(Cl)c4N[C@H]3N2C(=O)[C@H]([C@@H](O)CC(=O)O)NC1=O. The summed E-state index contributed by atoms with van der Waals surface area (Å²) in [6.07, 6.45) is -5.13. The lowest BCUT2D eigenvalue weighted by atomic mass is 9.87. The van der Waals surface area contributed by atoms with Crippen LogP contribution in [0.15, 0.2) is 12.1 Å². The number of cyclic esters (lactones) is 1. The fourth-order valence-electron chi connectivity index (χ4n) is 8.07. The Kier molecular flexibility index (Phi) is 12.0. The van der Waals surface area contributed by atoms with E-state index in [1.165, 1.54) is 19.2 Å². The molecule has 3 saturated heterocycles. The minimum atomic E-state index is -2.12. The summed E-state index contributed by atoms with van der Waals surface area (Å²) in [5.41, 5.74) is -0.720. The number of carboxylic acids is 1. The number of methoxy groups -OCH3 is 1. The molecular formula is C37H49Cl2N7O12. The van der Waals surface area contributed by atoms with Crippen molar-refractivity contribution in [2.45, 2.75) is 120 Å². The molecule has 318 valence electrons. The Balaban J connectivity index is 1.49. The minimum Gasteiger partial charge on any atom is -0.481 e. The van der Waals surface area contributed by atoms with Crippen LogP contribution in [-0.2, 0) is 48.6 Å². The number of aliphatic carboxylic acids is 1. The van der Waals surface area contributed by atoms with Crippen LogP contribution in [0.2, 0.25) is 10.0 Å². The number of benzene rings is 1. The monoisotopic (exact) mass is 853 g/mol. The number of ether oxygens (including phenoxy) is 2. The molecule has 0 bridgehead atoms. The van der Waals surface area contributed by atoms with E-state index in [4.69, 9.17) is 32.7 Å². The minimum absolute atomic E-state index is 0.00936. The average molecular weight is 855 g/mol. The second-order valence-corrected chi connectivity index (χ2v) is 17.7. The second kappa shape index (κ2) is 16.1. The summed E-state index contributed by atoms with van der Waals surface area (Å²) < 4.78 is 11.2. The molecule has 6 rings (SSSR count). The van der Waals surface area contributed by atoms with Gasteiger partial charge in [0.15, 0.2) is 6.10 Å². The van der Waals surface area contributed by atoms with Crippen LogP contribution in [0, 0.1) is 10.8 Å². The summed E-state index contributed by atoms with van der Waals surface area (Å²) in [6, 6.07) is -5.01. The van der Waals surface area contributed by atoms with E-state index < -0.39 is 126 Å². The number of anilines is 1. The van der Waals surface area contributed by atoms with Gasteiger partial charge in [0.2, 0.25) is 23.6 Å². The number of hydrazine groups is 1. The summed E-state index contributed by atoms with van der Waals surface area (Å²) in [5.74, 6) is -7.29. The highest BCUT2D eigenvalue weighted by Gasteiger charge is 2.63. The molecule has 9 atom stereocenters. The zero-order valence-corrected chi connectivity index (χ0v) is 34.1. The number of rotatable bonds is 6. The van der Waals surface area contributed by atoms with E-state index in [1.807, 2.05) is 0 Å². The van der Waals surface area contributed by atoms with E-state index in [2.05, 4.69) is 26.7 Å². The fraction of sp³-hybridized carbons (Fsp3) is 0.649. The molecule has 1 aliphatic carbocycles. The third kappa shape index (κ3) is 8.03. The third-order valence-corrected chi connectivity index (χ3v) is 12.4. The third-order valence-electron chi connectivity index (χ3n) is 11.6. The van der Waals surface area contributed by atoms with Crippen molar-refractivity contribution in [3.8, 4) is 0 Å². The predicted octanol–water partition coefficient (Wildman–Crippen LogP) is -0.263. The van der Waals surface area contributed by atoms with Crippen LogP contribution in [0.4, 0.5) is 5.69 Å². The lowest BCUT2D eigenvalue weighted by Gasteiger charge is -2.41. The molecule has 0 aromatic heterocycles. The maximum atomic E-state index is 14.9. The molecule has 4 aliphatic heterocycles. The maximum Gasteiger partial charge on any atom is 0.330 e. The van der Waals surface area contributed by atoms with Crippen molar-refractivity contribution in [2.24, 2.45) is 10.8 Å². The van der Waals surface area contributed by atoms with Crippen LogP contribution in [0.25, 0.3) is 0 Å². The Bertz CT molecular complexity index is 1890. The number of amides is 5. The van der Waals surface area contributed by atoms with E-state index in [9.17, 15) is 48.9 Å². The first-order chi connectivity index (χ1) is 27.1. The van der Waals surface area contributed by atoms with Gasteiger partial charge in [-0.05, 0) is 37.2 Å². The molecule has 58 heavy (non-hydrogen) atoms. The van der Waals surface area contributed by atoms with Gasteiger partial charge in [-0.15, -0.1) is 0 Å². The molecule has 5 amide bonds. The number of hydrogen-bond donors (Lipinski definition) is 8. The molecule has 0 unspecified atom stereocenters. The van der Waals surface area contributed by atoms with Gasteiger partial charge in [-0.25, -0.2) is 10.2 Å². The molecule has 4 fully saturated rings. The quantitative estimate of drug-likeness (QED) is 0.172. The highest BCUT2D eigenvalue weighted by atomic mass is 35.5.